The number of aromatic nitrogens is 2. The molecule has 0 N–H and O–H groups in total. The van der Waals surface area contributed by atoms with E-state index in [0.717, 1.165) is 14.5 Å². The highest BCUT2D eigenvalue weighted by Gasteiger charge is 2.72. The summed E-state index contributed by atoms with van der Waals surface area (Å²) in [5, 5.41) is 0. The monoisotopic (exact) mass is 532 g/mol. The summed E-state index contributed by atoms with van der Waals surface area (Å²) in [5.74, 6) is -4.08. The molecule has 1 saturated carbocycles. The first-order valence-corrected chi connectivity index (χ1v) is 12.2. The van der Waals surface area contributed by atoms with Crippen LogP contribution in [0.15, 0.2) is 30.6 Å². The van der Waals surface area contributed by atoms with Gasteiger partial charge in [0.05, 0.1) is 52.9 Å². The quantitative estimate of drug-likeness (QED) is 0.467. The van der Waals surface area contributed by atoms with Gasteiger partial charge >= 0.3 is 0 Å². The molecule has 0 radical (unpaired) electrons. The van der Waals surface area contributed by atoms with Gasteiger partial charge in [-0.1, -0.05) is 13.8 Å². The number of amides is 3. The number of hydrogen-bond acceptors (Lipinski definition) is 6. The Morgan fingerprint density at radius 3 is 2.39 bits per heavy atom. The number of aryl methyl sites for hydroxylation is 1. The number of carbonyl (C=O) groups excluding carboxylic acids is 3. The zero-order chi connectivity index (χ0) is 24.9. The number of rotatable bonds is 4. The van der Waals surface area contributed by atoms with Crippen LogP contribution in [0.3, 0.4) is 0 Å². The molecule has 3 aliphatic rings. The van der Waals surface area contributed by atoms with E-state index >= 15 is 0 Å². The lowest BCUT2D eigenvalue weighted by Crippen LogP contribution is -2.58. The second-order valence-electron chi connectivity index (χ2n) is 10.2. The van der Waals surface area contributed by atoms with Crippen molar-refractivity contribution < 1.29 is 23.2 Å². The predicted molar refractivity (Wildman–Crippen MR) is 132 cm³/mol. The molecule has 7 nitrogen and oxygen atoms in total. The number of nitrogens with zero attached hydrogens (tertiary/aromatic N) is 4. The van der Waals surface area contributed by atoms with Crippen LogP contribution in [0.1, 0.15) is 34.6 Å². The Morgan fingerprint density at radius 2 is 1.75 bits per heavy atom. The number of thiophene rings is 1. The van der Waals surface area contributed by atoms with Gasteiger partial charge < -0.3 is 4.90 Å². The Balaban J connectivity index is 0.00000267. The van der Waals surface area contributed by atoms with Crippen molar-refractivity contribution in [1.82, 2.24) is 19.8 Å². The van der Waals surface area contributed by atoms with Crippen LogP contribution in [-0.4, -0.2) is 56.5 Å². The van der Waals surface area contributed by atoms with Gasteiger partial charge in [-0.25, -0.2) is 8.78 Å². The summed E-state index contributed by atoms with van der Waals surface area (Å²) in [6.07, 6.45) is 3.19. The van der Waals surface area contributed by atoms with Gasteiger partial charge in [0.15, 0.2) is 0 Å². The molecule has 0 aromatic carbocycles. The average Bonchev–Trinajstić information content (AvgIpc) is 3.03. The molecule has 0 bridgehead atoms. The molecule has 1 aliphatic carbocycles. The van der Waals surface area contributed by atoms with Gasteiger partial charge in [0.25, 0.3) is 11.8 Å². The minimum absolute atomic E-state index is 0. The molecule has 3 aromatic rings. The van der Waals surface area contributed by atoms with E-state index in [1.165, 1.54) is 16.2 Å². The molecule has 6 rings (SSSR count). The Hall–Kier alpha value is -2.98. The highest BCUT2D eigenvalue weighted by molar-refractivity contribution is 7.19. The SMILES string of the molecule is Cc1ccnc(-c2ccnc3cc(CN4C(=O)C5C(C4=O)C5(C)C)sc23)c1C(=O)N1CC(F)(F)C1.Cl. The predicted octanol–water partition coefficient (Wildman–Crippen LogP) is 4.32. The number of likely N-dealkylation sites (tertiary alicyclic amines) is 2. The number of fused-ring (bicyclic) bond motifs is 2. The van der Waals surface area contributed by atoms with E-state index in [1.54, 1.807) is 31.5 Å². The first-order chi connectivity index (χ1) is 16.5. The highest BCUT2D eigenvalue weighted by atomic mass is 35.5. The number of pyridine rings is 2. The molecule has 3 aromatic heterocycles. The molecule has 36 heavy (non-hydrogen) atoms. The summed E-state index contributed by atoms with van der Waals surface area (Å²) in [6.45, 7) is 4.61. The third kappa shape index (κ3) is 3.53. The van der Waals surface area contributed by atoms with Gasteiger partial charge in [-0.2, -0.15) is 0 Å². The molecule has 3 amide bonds. The average molecular weight is 533 g/mol. The van der Waals surface area contributed by atoms with Crippen LogP contribution >= 0.6 is 23.7 Å². The lowest BCUT2D eigenvalue weighted by atomic mass is 9.99. The minimum atomic E-state index is -2.86. The third-order valence-corrected chi connectivity index (χ3v) is 8.57. The molecule has 5 heterocycles. The van der Waals surface area contributed by atoms with Gasteiger partial charge in [-0.15, -0.1) is 23.7 Å². The van der Waals surface area contributed by atoms with Gasteiger partial charge in [-0.3, -0.25) is 29.3 Å². The second kappa shape index (κ2) is 8.01. The van der Waals surface area contributed by atoms with E-state index in [0.29, 0.717) is 22.3 Å². The van der Waals surface area contributed by atoms with E-state index in [4.69, 9.17) is 0 Å². The molecular formula is C25H23ClF2N4O3S. The maximum Gasteiger partial charge on any atom is 0.282 e. The summed E-state index contributed by atoms with van der Waals surface area (Å²) in [4.78, 5) is 50.8. The molecule has 188 valence electrons. The maximum absolute atomic E-state index is 13.4. The largest absolute Gasteiger partial charge is 0.326 e. The number of alkyl halides is 2. The number of imide groups is 1. The Morgan fingerprint density at radius 1 is 1.11 bits per heavy atom. The lowest BCUT2D eigenvalue weighted by molar-refractivity contribution is -0.143. The normalized spacial score (nSPS) is 23.4. The summed E-state index contributed by atoms with van der Waals surface area (Å²) in [5.41, 5.74) is 2.39. The number of hydrogen-bond donors (Lipinski definition) is 0. The van der Waals surface area contributed by atoms with Crippen LogP contribution in [0.4, 0.5) is 8.78 Å². The smallest absolute Gasteiger partial charge is 0.282 e. The molecule has 2 saturated heterocycles. The molecule has 0 spiro atoms. The van der Waals surface area contributed by atoms with Crippen LogP contribution in [-0.2, 0) is 16.1 Å². The third-order valence-electron chi connectivity index (χ3n) is 7.43. The fourth-order valence-electron chi connectivity index (χ4n) is 5.41. The second-order valence-corrected chi connectivity index (χ2v) is 11.3. The Kier molecular flexibility index (Phi) is 5.50. The number of piperidine rings is 1. The van der Waals surface area contributed by atoms with Crippen molar-refractivity contribution in [3.8, 4) is 11.3 Å². The van der Waals surface area contributed by atoms with Crippen molar-refractivity contribution in [3.05, 3.63) is 46.6 Å². The molecule has 11 heteroatoms. The fraction of sp³-hybridized carbons (Fsp3) is 0.400. The summed E-state index contributed by atoms with van der Waals surface area (Å²) in [6, 6.07) is 5.27. The Labute approximate surface area is 215 Å². The van der Waals surface area contributed by atoms with Crippen LogP contribution < -0.4 is 0 Å². The summed E-state index contributed by atoms with van der Waals surface area (Å²) < 4.78 is 27.6. The van der Waals surface area contributed by atoms with Crippen molar-refractivity contribution >= 4 is 51.7 Å². The molecule has 2 aliphatic heterocycles. The summed E-state index contributed by atoms with van der Waals surface area (Å²) in [7, 11) is 0. The fourth-order valence-corrected chi connectivity index (χ4v) is 6.53. The maximum atomic E-state index is 13.4. The van der Waals surface area contributed by atoms with Crippen LogP contribution in [0.25, 0.3) is 21.5 Å². The lowest BCUT2D eigenvalue weighted by Gasteiger charge is -2.39. The topological polar surface area (TPSA) is 83.5 Å². The van der Waals surface area contributed by atoms with Gasteiger partial charge in [0.2, 0.25) is 11.8 Å². The van der Waals surface area contributed by atoms with E-state index in [2.05, 4.69) is 9.97 Å². The van der Waals surface area contributed by atoms with Crippen molar-refractivity contribution in [1.29, 1.82) is 0 Å². The van der Waals surface area contributed by atoms with Crippen molar-refractivity contribution in [2.75, 3.05) is 13.1 Å². The van der Waals surface area contributed by atoms with E-state index in [-0.39, 0.29) is 53.6 Å². The molecule has 2 atom stereocenters. The standard InChI is InChI=1S/C25H22F2N4O3S.ClH/c1-12-4-6-29-19(16(12)21(32)30-10-25(26,27)11-30)14-5-7-28-15-8-13(35-20(14)15)9-31-22(33)17-18(23(31)34)24(17,2)3;/h4-8,17-18H,9-11H2,1-3H3;1H. The van der Waals surface area contributed by atoms with E-state index in [9.17, 15) is 23.2 Å². The van der Waals surface area contributed by atoms with Gasteiger partial charge in [0.1, 0.15) is 0 Å². The van der Waals surface area contributed by atoms with Gasteiger partial charge in [0, 0.05) is 22.8 Å². The zero-order valence-electron chi connectivity index (χ0n) is 19.7. The number of halogens is 3. The molecule has 2 unspecified atom stereocenters. The van der Waals surface area contributed by atoms with Crippen LogP contribution in [0.5, 0.6) is 0 Å². The van der Waals surface area contributed by atoms with Crippen molar-refractivity contribution in [2.24, 2.45) is 17.3 Å². The van der Waals surface area contributed by atoms with Crippen molar-refractivity contribution in [2.45, 2.75) is 33.2 Å². The van der Waals surface area contributed by atoms with Crippen LogP contribution in [0, 0.1) is 24.2 Å². The van der Waals surface area contributed by atoms with E-state index in [1.807, 2.05) is 19.9 Å². The highest BCUT2D eigenvalue weighted by Crippen LogP contribution is 2.63. The first kappa shape index (κ1) is 24.7. The zero-order valence-corrected chi connectivity index (χ0v) is 21.4. The minimum Gasteiger partial charge on any atom is -0.326 e. The number of carbonyl (C=O) groups is 3. The van der Waals surface area contributed by atoms with Crippen LogP contribution in [0.2, 0.25) is 0 Å². The molecule has 3 fully saturated rings. The van der Waals surface area contributed by atoms with Crippen molar-refractivity contribution in [3.63, 3.8) is 0 Å². The molecular weight excluding hydrogens is 510 g/mol. The Bertz CT molecular complexity index is 1420. The van der Waals surface area contributed by atoms with E-state index < -0.39 is 24.9 Å². The first-order valence-electron chi connectivity index (χ1n) is 11.4. The summed E-state index contributed by atoms with van der Waals surface area (Å²) >= 11 is 1.39. The van der Waals surface area contributed by atoms with Gasteiger partial charge in [-0.05, 0) is 36.1 Å².